The van der Waals surface area contributed by atoms with E-state index < -0.39 is 21.9 Å². The molecule has 0 amide bonds. The first kappa shape index (κ1) is 14.6. The van der Waals surface area contributed by atoms with E-state index >= 15 is 0 Å². The van der Waals surface area contributed by atoms with Crippen LogP contribution in [0, 0.1) is 11.8 Å². The van der Waals surface area contributed by atoms with Gasteiger partial charge in [0.2, 0.25) is 0 Å². The zero-order valence-corrected chi connectivity index (χ0v) is 13.5. The zero-order valence-electron chi connectivity index (χ0n) is 11.8. The van der Waals surface area contributed by atoms with Crippen molar-refractivity contribution in [3.8, 4) is 0 Å². The van der Waals surface area contributed by atoms with E-state index in [2.05, 4.69) is 0 Å². The standard InChI is InChI=1S/C14H17NO5S2/c16-13(17)11-7-20-12-6-15(5-10(11)12)22(18,19)14-9(3-4-21-14)8-1-2-8/h3-4,8,10-12H,1-2,5-7H2,(H,16,17)/t10-,11-,12-/m1/s1. The smallest absolute Gasteiger partial charge is 0.309 e. The van der Waals surface area contributed by atoms with E-state index in [4.69, 9.17) is 4.74 Å². The van der Waals surface area contributed by atoms with Crippen LogP contribution in [0.4, 0.5) is 0 Å². The molecular formula is C14H17NO5S2. The van der Waals surface area contributed by atoms with Crippen LogP contribution >= 0.6 is 11.3 Å². The molecule has 3 fully saturated rings. The molecule has 0 aromatic carbocycles. The van der Waals surface area contributed by atoms with Crippen molar-refractivity contribution in [3.05, 3.63) is 17.0 Å². The van der Waals surface area contributed by atoms with E-state index in [9.17, 15) is 18.3 Å². The van der Waals surface area contributed by atoms with Gasteiger partial charge in [-0.2, -0.15) is 4.31 Å². The quantitative estimate of drug-likeness (QED) is 0.892. The fourth-order valence-corrected chi connectivity index (χ4v) is 6.61. The largest absolute Gasteiger partial charge is 0.481 e. The topological polar surface area (TPSA) is 83.9 Å². The molecule has 2 saturated heterocycles. The van der Waals surface area contributed by atoms with Crippen LogP contribution in [-0.4, -0.2) is 49.6 Å². The second kappa shape index (κ2) is 5.02. The number of hydrogen-bond acceptors (Lipinski definition) is 5. The Balaban J connectivity index is 1.60. The Hall–Kier alpha value is -0.960. The summed E-state index contributed by atoms with van der Waals surface area (Å²) in [6, 6.07) is 1.91. The number of aliphatic carboxylic acids is 1. The number of sulfonamides is 1. The number of hydrogen-bond donors (Lipinski definition) is 1. The van der Waals surface area contributed by atoms with Gasteiger partial charge in [0.1, 0.15) is 4.21 Å². The molecule has 2 aliphatic heterocycles. The summed E-state index contributed by atoms with van der Waals surface area (Å²) in [6.45, 7) is 0.690. The highest BCUT2D eigenvalue weighted by atomic mass is 32.2. The van der Waals surface area contributed by atoms with Crippen LogP contribution in [0.3, 0.4) is 0 Å². The van der Waals surface area contributed by atoms with Crippen LogP contribution < -0.4 is 0 Å². The van der Waals surface area contributed by atoms with Crippen LogP contribution in [0.15, 0.2) is 15.7 Å². The Morgan fingerprint density at radius 2 is 2.14 bits per heavy atom. The number of carboxylic acid groups (broad SMARTS) is 1. The van der Waals surface area contributed by atoms with E-state index in [-0.39, 0.29) is 31.7 Å². The summed E-state index contributed by atoms with van der Waals surface area (Å²) < 4.78 is 33.1. The molecule has 8 heteroatoms. The first-order valence-corrected chi connectivity index (χ1v) is 9.72. The van der Waals surface area contributed by atoms with Gasteiger partial charge in [-0.15, -0.1) is 11.3 Å². The molecule has 3 aliphatic rings. The molecule has 1 aliphatic carbocycles. The minimum Gasteiger partial charge on any atom is -0.481 e. The van der Waals surface area contributed by atoms with Crippen molar-refractivity contribution < 1.29 is 23.1 Å². The Morgan fingerprint density at radius 1 is 1.36 bits per heavy atom. The van der Waals surface area contributed by atoms with E-state index in [1.54, 1.807) is 0 Å². The maximum atomic E-state index is 12.9. The summed E-state index contributed by atoms with van der Waals surface area (Å²) in [5, 5.41) is 11.0. The van der Waals surface area contributed by atoms with Gasteiger partial charge in [0.05, 0.1) is 18.6 Å². The third kappa shape index (κ3) is 2.20. The van der Waals surface area contributed by atoms with E-state index in [0.717, 1.165) is 18.4 Å². The molecule has 3 heterocycles. The number of thiophene rings is 1. The predicted octanol–water partition coefficient (Wildman–Crippen LogP) is 1.35. The summed E-state index contributed by atoms with van der Waals surface area (Å²) >= 11 is 1.26. The molecule has 3 atom stereocenters. The molecule has 1 aromatic heterocycles. The third-order valence-electron chi connectivity index (χ3n) is 4.85. The van der Waals surface area contributed by atoms with Gasteiger partial charge in [-0.05, 0) is 35.8 Å². The molecule has 1 aromatic rings. The van der Waals surface area contributed by atoms with E-state index in [0.29, 0.717) is 10.1 Å². The first-order chi connectivity index (χ1) is 10.5. The highest BCUT2D eigenvalue weighted by molar-refractivity contribution is 7.91. The number of ether oxygens (including phenoxy) is 1. The Morgan fingerprint density at radius 3 is 2.82 bits per heavy atom. The van der Waals surface area contributed by atoms with Crippen molar-refractivity contribution in [1.82, 2.24) is 4.31 Å². The van der Waals surface area contributed by atoms with Crippen molar-refractivity contribution in [2.24, 2.45) is 11.8 Å². The van der Waals surface area contributed by atoms with Crippen LogP contribution in [0.1, 0.15) is 24.3 Å². The van der Waals surface area contributed by atoms with Gasteiger partial charge in [0.25, 0.3) is 10.0 Å². The van der Waals surface area contributed by atoms with Crippen LogP contribution in [0.25, 0.3) is 0 Å². The summed E-state index contributed by atoms with van der Waals surface area (Å²) in [7, 11) is -3.54. The molecule has 0 unspecified atom stereocenters. The zero-order chi connectivity index (χ0) is 15.5. The number of rotatable bonds is 4. The molecule has 120 valence electrons. The number of fused-ring (bicyclic) bond motifs is 1. The normalized spacial score (nSPS) is 32.3. The lowest BCUT2D eigenvalue weighted by molar-refractivity contribution is -0.142. The van der Waals surface area contributed by atoms with Crippen molar-refractivity contribution in [2.45, 2.75) is 29.1 Å². The SMILES string of the molecule is O=C(O)[C@@H]1CO[C@@H]2CN(S(=O)(=O)c3sccc3C3CC3)C[C@@H]21. The molecular weight excluding hydrogens is 326 g/mol. The summed E-state index contributed by atoms with van der Waals surface area (Å²) in [4.78, 5) is 11.2. The number of carbonyl (C=O) groups is 1. The number of nitrogens with zero attached hydrogens (tertiary/aromatic N) is 1. The first-order valence-electron chi connectivity index (χ1n) is 7.40. The fraction of sp³-hybridized carbons (Fsp3) is 0.643. The lowest BCUT2D eigenvalue weighted by Crippen LogP contribution is -2.32. The van der Waals surface area contributed by atoms with Crippen LogP contribution in [-0.2, 0) is 19.6 Å². The fourth-order valence-electron chi connectivity index (χ4n) is 3.46. The molecule has 6 nitrogen and oxygen atoms in total. The molecule has 4 rings (SSSR count). The molecule has 1 saturated carbocycles. The molecule has 22 heavy (non-hydrogen) atoms. The Kier molecular flexibility index (Phi) is 3.34. The Labute approximate surface area is 132 Å². The molecule has 1 N–H and O–H groups in total. The van der Waals surface area contributed by atoms with Gasteiger partial charge in [-0.3, -0.25) is 4.79 Å². The minimum absolute atomic E-state index is 0.185. The Bertz CT molecular complexity index is 709. The molecule has 0 bridgehead atoms. The van der Waals surface area contributed by atoms with E-state index in [1.807, 2.05) is 11.4 Å². The van der Waals surface area contributed by atoms with Crippen LogP contribution in [0.5, 0.6) is 0 Å². The number of carboxylic acids is 1. The molecule has 0 radical (unpaired) electrons. The third-order valence-corrected chi connectivity index (χ3v) is 8.17. The van der Waals surface area contributed by atoms with Gasteiger partial charge < -0.3 is 9.84 Å². The maximum Gasteiger partial charge on any atom is 0.309 e. The van der Waals surface area contributed by atoms with Gasteiger partial charge >= 0.3 is 5.97 Å². The predicted molar refractivity (Wildman–Crippen MR) is 79.4 cm³/mol. The van der Waals surface area contributed by atoms with Crippen molar-refractivity contribution in [2.75, 3.05) is 19.7 Å². The van der Waals surface area contributed by atoms with Gasteiger partial charge in [0.15, 0.2) is 0 Å². The van der Waals surface area contributed by atoms with Crippen molar-refractivity contribution in [3.63, 3.8) is 0 Å². The van der Waals surface area contributed by atoms with Gasteiger partial charge in [0, 0.05) is 19.0 Å². The molecule has 0 spiro atoms. The van der Waals surface area contributed by atoms with Crippen molar-refractivity contribution >= 4 is 27.3 Å². The van der Waals surface area contributed by atoms with Gasteiger partial charge in [-0.1, -0.05) is 0 Å². The lowest BCUT2D eigenvalue weighted by Gasteiger charge is -2.18. The lowest BCUT2D eigenvalue weighted by atomic mass is 9.94. The summed E-state index contributed by atoms with van der Waals surface area (Å²) in [5.41, 5.74) is 0.928. The highest BCUT2D eigenvalue weighted by Gasteiger charge is 2.50. The average molecular weight is 343 g/mol. The minimum atomic E-state index is -3.54. The summed E-state index contributed by atoms with van der Waals surface area (Å²) in [6.07, 6.45) is 1.81. The average Bonchev–Trinajstić information content (AvgIpc) is 2.91. The second-order valence-corrected chi connectivity index (χ2v) is 9.29. The monoisotopic (exact) mass is 343 g/mol. The van der Waals surface area contributed by atoms with Crippen LogP contribution in [0.2, 0.25) is 0 Å². The maximum absolute atomic E-state index is 12.9. The van der Waals surface area contributed by atoms with E-state index in [1.165, 1.54) is 15.6 Å². The van der Waals surface area contributed by atoms with Gasteiger partial charge in [-0.25, -0.2) is 8.42 Å². The summed E-state index contributed by atoms with van der Waals surface area (Å²) in [5.74, 6) is -1.37. The highest BCUT2D eigenvalue weighted by Crippen LogP contribution is 2.46. The van der Waals surface area contributed by atoms with Crippen molar-refractivity contribution in [1.29, 1.82) is 0 Å². The second-order valence-electron chi connectivity index (χ2n) is 6.24.